The van der Waals surface area contributed by atoms with E-state index in [1.54, 1.807) is 0 Å². The summed E-state index contributed by atoms with van der Waals surface area (Å²) in [6.45, 7) is 9.72. The van der Waals surface area contributed by atoms with Crippen LogP contribution in [0.1, 0.15) is 65.2 Å². The normalized spacial score (nSPS) is 28.8. The Labute approximate surface area is 125 Å². The van der Waals surface area contributed by atoms with Gasteiger partial charge in [0.2, 0.25) is 0 Å². The van der Waals surface area contributed by atoms with Gasteiger partial charge >= 0.3 is 0 Å². The standard InChI is InChI=1S/C17H35N3/c1-15(13-17-9-5-3-6-10-18-17)19-14-16(2)20-11-7-4-8-12-20/h15-19H,3-14H2,1-2H3. The van der Waals surface area contributed by atoms with Gasteiger partial charge in [-0.1, -0.05) is 19.3 Å². The van der Waals surface area contributed by atoms with Gasteiger partial charge in [-0.3, -0.25) is 4.90 Å². The summed E-state index contributed by atoms with van der Waals surface area (Å²) in [6.07, 6.45) is 11.1. The molecule has 2 N–H and O–H groups in total. The lowest BCUT2D eigenvalue weighted by Crippen LogP contribution is -2.46. The third-order valence-corrected chi connectivity index (χ3v) is 5.08. The molecule has 0 bridgehead atoms. The van der Waals surface area contributed by atoms with Gasteiger partial charge in [0.25, 0.3) is 0 Å². The maximum Gasteiger partial charge on any atom is 0.0192 e. The van der Waals surface area contributed by atoms with Gasteiger partial charge in [0.1, 0.15) is 0 Å². The van der Waals surface area contributed by atoms with Crippen LogP contribution in [0.2, 0.25) is 0 Å². The number of nitrogens with one attached hydrogen (secondary N) is 2. The van der Waals surface area contributed by atoms with E-state index in [2.05, 4.69) is 29.4 Å². The maximum absolute atomic E-state index is 3.77. The molecule has 3 heteroatoms. The summed E-state index contributed by atoms with van der Waals surface area (Å²) in [6, 6.07) is 2.07. The lowest BCUT2D eigenvalue weighted by molar-refractivity contribution is 0.167. The van der Waals surface area contributed by atoms with Gasteiger partial charge in [-0.15, -0.1) is 0 Å². The van der Waals surface area contributed by atoms with E-state index in [1.165, 1.54) is 71.0 Å². The molecular formula is C17H35N3. The van der Waals surface area contributed by atoms with Crippen LogP contribution in [-0.4, -0.2) is 49.2 Å². The highest BCUT2D eigenvalue weighted by molar-refractivity contribution is 4.79. The molecule has 118 valence electrons. The second-order valence-electron chi connectivity index (χ2n) is 6.99. The van der Waals surface area contributed by atoms with Crippen molar-refractivity contribution in [3.8, 4) is 0 Å². The van der Waals surface area contributed by atoms with Crippen LogP contribution in [-0.2, 0) is 0 Å². The van der Waals surface area contributed by atoms with Crippen molar-refractivity contribution >= 4 is 0 Å². The van der Waals surface area contributed by atoms with Crippen LogP contribution in [0.15, 0.2) is 0 Å². The first-order valence-electron chi connectivity index (χ1n) is 8.96. The van der Waals surface area contributed by atoms with E-state index < -0.39 is 0 Å². The van der Waals surface area contributed by atoms with E-state index in [1.807, 2.05) is 0 Å². The molecule has 0 spiro atoms. The lowest BCUT2D eigenvalue weighted by atomic mass is 10.0. The molecule has 2 rings (SSSR count). The summed E-state index contributed by atoms with van der Waals surface area (Å²) < 4.78 is 0. The van der Waals surface area contributed by atoms with Gasteiger partial charge in [0.15, 0.2) is 0 Å². The second kappa shape index (κ2) is 9.01. The zero-order chi connectivity index (χ0) is 14.2. The number of piperidine rings is 1. The summed E-state index contributed by atoms with van der Waals surface area (Å²) >= 11 is 0. The zero-order valence-corrected chi connectivity index (χ0v) is 13.7. The zero-order valence-electron chi connectivity index (χ0n) is 13.7. The summed E-state index contributed by atoms with van der Waals surface area (Å²) in [5.41, 5.74) is 0. The number of likely N-dealkylation sites (tertiary alicyclic amines) is 1. The van der Waals surface area contributed by atoms with Gasteiger partial charge in [-0.2, -0.15) is 0 Å². The largest absolute Gasteiger partial charge is 0.314 e. The van der Waals surface area contributed by atoms with Crippen molar-refractivity contribution in [3.63, 3.8) is 0 Å². The average molecular weight is 281 g/mol. The molecule has 3 unspecified atom stereocenters. The Morgan fingerprint density at radius 3 is 2.60 bits per heavy atom. The van der Waals surface area contributed by atoms with Crippen LogP contribution < -0.4 is 10.6 Å². The van der Waals surface area contributed by atoms with Crippen molar-refractivity contribution in [1.29, 1.82) is 0 Å². The number of nitrogens with zero attached hydrogens (tertiary/aromatic N) is 1. The van der Waals surface area contributed by atoms with E-state index in [0.29, 0.717) is 12.1 Å². The first-order valence-corrected chi connectivity index (χ1v) is 8.96. The van der Waals surface area contributed by atoms with Gasteiger partial charge in [0, 0.05) is 24.7 Å². The minimum Gasteiger partial charge on any atom is -0.314 e. The van der Waals surface area contributed by atoms with Gasteiger partial charge in [-0.25, -0.2) is 0 Å². The Hall–Kier alpha value is -0.120. The van der Waals surface area contributed by atoms with Gasteiger partial charge in [-0.05, 0) is 65.6 Å². The molecule has 2 aliphatic rings. The average Bonchev–Trinajstić information content (AvgIpc) is 2.74. The molecule has 0 aromatic rings. The fourth-order valence-electron chi connectivity index (χ4n) is 3.67. The van der Waals surface area contributed by atoms with E-state index in [-0.39, 0.29) is 0 Å². The summed E-state index contributed by atoms with van der Waals surface area (Å²) in [5.74, 6) is 0. The molecule has 3 nitrogen and oxygen atoms in total. The topological polar surface area (TPSA) is 27.3 Å². The van der Waals surface area contributed by atoms with Crippen molar-refractivity contribution in [2.75, 3.05) is 26.2 Å². The molecule has 2 saturated heterocycles. The minimum absolute atomic E-state index is 0.637. The Balaban J connectivity index is 1.62. The molecule has 0 aromatic heterocycles. The minimum atomic E-state index is 0.637. The number of hydrogen-bond donors (Lipinski definition) is 2. The highest BCUT2D eigenvalue weighted by Gasteiger charge is 2.18. The van der Waals surface area contributed by atoms with Crippen LogP contribution in [0.5, 0.6) is 0 Å². The highest BCUT2D eigenvalue weighted by atomic mass is 15.2. The summed E-state index contributed by atoms with van der Waals surface area (Å²) in [4.78, 5) is 2.66. The SMILES string of the molecule is CC(CC1CCCCCN1)NCC(C)N1CCCCC1. The summed E-state index contributed by atoms with van der Waals surface area (Å²) in [5, 5.41) is 7.48. The molecule has 0 aromatic carbocycles. The Bertz CT molecular complexity index is 243. The smallest absolute Gasteiger partial charge is 0.0192 e. The van der Waals surface area contributed by atoms with Crippen molar-refractivity contribution in [2.24, 2.45) is 0 Å². The maximum atomic E-state index is 3.77. The molecule has 0 aliphatic carbocycles. The van der Waals surface area contributed by atoms with E-state index in [9.17, 15) is 0 Å². The van der Waals surface area contributed by atoms with Crippen molar-refractivity contribution in [2.45, 2.75) is 83.3 Å². The number of rotatable bonds is 6. The number of hydrogen-bond acceptors (Lipinski definition) is 3. The van der Waals surface area contributed by atoms with Crippen LogP contribution in [0, 0.1) is 0 Å². The fraction of sp³-hybridized carbons (Fsp3) is 1.00. The molecular weight excluding hydrogens is 246 g/mol. The molecule has 0 amide bonds. The molecule has 2 fully saturated rings. The van der Waals surface area contributed by atoms with Crippen LogP contribution in [0.25, 0.3) is 0 Å². The van der Waals surface area contributed by atoms with E-state index >= 15 is 0 Å². The molecule has 20 heavy (non-hydrogen) atoms. The molecule has 2 heterocycles. The quantitative estimate of drug-likeness (QED) is 0.784. The van der Waals surface area contributed by atoms with Gasteiger partial charge in [0.05, 0.1) is 0 Å². The van der Waals surface area contributed by atoms with E-state index in [0.717, 1.165) is 12.6 Å². The third-order valence-electron chi connectivity index (χ3n) is 5.08. The van der Waals surface area contributed by atoms with Crippen molar-refractivity contribution < 1.29 is 0 Å². The summed E-state index contributed by atoms with van der Waals surface area (Å²) in [7, 11) is 0. The van der Waals surface area contributed by atoms with Crippen molar-refractivity contribution in [1.82, 2.24) is 15.5 Å². The van der Waals surface area contributed by atoms with Crippen LogP contribution in [0.3, 0.4) is 0 Å². The molecule has 2 aliphatic heterocycles. The second-order valence-corrected chi connectivity index (χ2v) is 6.99. The van der Waals surface area contributed by atoms with E-state index in [4.69, 9.17) is 0 Å². The molecule has 0 radical (unpaired) electrons. The Kier molecular flexibility index (Phi) is 7.32. The molecule has 0 saturated carbocycles. The lowest BCUT2D eigenvalue weighted by Gasteiger charge is -2.33. The van der Waals surface area contributed by atoms with Crippen molar-refractivity contribution in [3.05, 3.63) is 0 Å². The molecule has 3 atom stereocenters. The fourth-order valence-corrected chi connectivity index (χ4v) is 3.67. The Morgan fingerprint density at radius 2 is 1.80 bits per heavy atom. The van der Waals surface area contributed by atoms with Crippen LogP contribution >= 0.6 is 0 Å². The predicted octanol–water partition coefficient (Wildman–Crippen LogP) is 2.76. The predicted molar refractivity (Wildman–Crippen MR) is 87.2 cm³/mol. The highest BCUT2D eigenvalue weighted by Crippen LogP contribution is 2.14. The third kappa shape index (κ3) is 5.71. The monoisotopic (exact) mass is 281 g/mol. The first-order chi connectivity index (χ1) is 9.75. The van der Waals surface area contributed by atoms with Crippen LogP contribution in [0.4, 0.5) is 0 Å². The van der Waals surface area contributed by atoms with Gasteiger partial charge < -0.3 is 10.6 Å². The first kappa shape index (κ1) is 16.3. The Morgan fingerprint density at radius 1 is 1.05 bits per heavy atom.